The first kappa shape index (κ1) is 17.3. The Balaban J connectivity index is 1.75. The third-order valence-electron chi connectivity index (χ3n) is 3.63. The van der Waals surface area contributed by atoms with Gasteiger partial charge in [0.25, 0.3) is 5.91 Å². The van der Waals surface area contributed by atoms with Crippen LogP contribution in [0, 0.1) is 11.6 Å². The summed E-state index contributed by atoms with van der Waals surface area (Å²) >= 11 is 0. The van der Waals surface area contributed by atoms with Crippen molar-refractivity contribution < 1.29 is 18.3 Å². The minimum atomic E-state index is -0.667. The molecule has 7 heteroatoms. The zero-order chi connectivity index (χ0) is 18.5. The quantitative estimate of drug-likeness (QED) is 0.684. The van der Waals surface area contributed by atoms with Crippen LogP contribution < -0.4 is 15.6 Å². The number of ether oxygens (including phenoxy) is 1. The topological polar surface area (TPSA) is 63.2 Å². The molecule has 0 unspecified atom stereocenters. The number of aromatic nitrogens is 1. The van der Waals surface area contributed by atoms with Gasteiger partial charge < -0.3 is 4.74 Å². The van der Waals surface area contributed by atoms with Gasteiger partial charge in [-0.25, -0.2) is 13.8 Å². The number of anilines is 1. The van der Waals surface area contributed by atoms with Gasteiger partial charge in [-0.3, -0.25) is 15.6 Å². The summed E-state index contributed by atoms with van der Waals surface area (Å²) in [5.41, 5.74) is 6.44. The molecule has 132 valence electrons. The molecule has 0 radical (unpaired) electrons. The average molecular weight is 355 g/mol. The molecule has 3 aromatic rings. The Bertz CT molecular complexity index is 933. The first-order valence-electron chi connectivity index (χ1n) is 7.69. The van der Waals surface area contributed by atoms with Crippen LogP contribution in [0.2, 0.25) is 0 Å². The molecule has 1 amide bonds. The molecule has 0 aliphatic heterocycles. The molecule has 0 aliphatic rings. The van der Waals surface area contributed by atoms with Crippen LogP contribution in [0.25, 0.3) is 11.1 Å². The van der Waals surface area contributed by atoms with Gasteiger partial charge in [-0.05, 0) is 23.8 Å². The number of hydrogen-bond donors (Lipinski definition) is 2. The molecule has 0 atom stereocenters. The molecule has 26 heavy (non-hydrogen) atoms. The number of nitrogens with zero attached hydrogens (tertiary/aromatic N) is 1. The van der Waals surface area contributed by atoms with E-state index < -0.39 is 17.5 Å². The number of hydrazine groups is 1. The Hall–Kier alpha value is -3.48. The molecular formula is C19H15F2N3O2. The van der Waals surface area contributed by atoms with Crippen LogP contribution in [0.1, 0.15) is 10.4 Å². The molecule has 0 saturated heterocycles. The first-order chi connectivity index (χ1) is 12.6. The van der Waals surface area contributed by atoms with Crippen LogP contribution in [-0.4, -0.2) is 18.0 Å². The van der Waals surface area contributed by atoms with Crippen molar-refractivity contribution in [1.82, 2.24) is 10.4 Å². The molecule has 5 nitrogen and oxygen atoms in total. The number of amides is 1. The van der Waals surface area contributed by atoms with Crippen LogP contribution in [0.3, 0.4) is 0 Å². The van der Waals surface area contributed by atoms with E-state index in [-0.39, 0.29) is 17.1 Å². The van der Waals surface area contributed by atoms with Crippen LogP contribution in [0.4, 0.5) is 14.5 Å². The second kappa shape index (κ2) is 7.60. The van der Waals surface area contributed by atoms with E-state index >= 15 is 0 Å². The van der Waals surface area contributed by atoms with Crippen molar-refractivity contribution in [3.63, 3.8) is 0 Å². The van der Waals surface area contributed by atoms with Crippen LogP contribution in [0.15, 0.2) is 60.8 Å². The summed E-state index contributed by atoms with van der Waals surface area (Å²) in [6.07, 6.45) is 1.31. The van der Waals surface area contributed by atoms with E-state index in [0.717, 1.165) is 6.07 Å². The molecular weight excluding hydrogens is 340 g/mol. The lowest BCUT2D eigenvalue weighted by molar-refractivity contribution is 0.0962. The lowest BCUT2D eigenvalue weighted by Gasteiger charge is -2.11. The minimum Gasteiger partial charge on any atom is -0.479 e. The first-order valence-corrected chi connectivity index (χ1v) is 7.69. The zero-order valence-corrected chi connectivity index (χ0v) is 13.8. The van der Waals surface area contributed by atoms with Crippen molar-refractivity contribution in [2.24, 2.45) is 0 Å². The van der Waals surface area contributed by atoms with Crippen molar-refractivity contribution in [3.8, 4) is 17.0 Å². The Labute approximate surface area is 148 Å². The zero-order valence-electron chi connectivity index (χ0n) is 13.8. The maximum Gasteiger partial charge on any atom is 0.269 e. The third-order valence-corrected chi connectivity index (χ3v) is 3.63. The van der Waals surface area contributed by atoms with Gasteiger partial charge in [-0.15, -0.1) is 0 Å². The molecule has 0 fully saturated rings. The molecule has 1 aromatic heterocycles. The van der Waals surface area contributed by atoms with Crippen molar-refractivity contribution in [2.45, 2.75) is 0 Å². The van der Waals surface area contributed by atoms with E-state index in [9.17, 15) is 13.6 Å². The van der Waals surface area contributed by atoms with Gasteiger partial charge in [0.15, 0.2) is 5.82 Å². The minimum absolute atomic E-state index is 0.145. The van der Waals surface area contributed by atoms with Gasteiger partial charge in [-0.1, -0.05) is 30.3 Å². The number of halogens is 2. The van der Waals surface area contributed by atoms with Gasteiger partial charge >= 0.3 is 0 Å². The van der Waals surface area contributed by atoms with E-state index in [4.69, 9.17) is 4.74 Å². The highest BCUT2D eigenvalue weighted by Crippen LogP contribution is 2.24. The molecule has 0 aliphatic carbocycles. The highest BCUT2D eigenvalue weighted by atomic mass is 19.1. The monoisotopic (exact) mass is 355 g/mol. The number of hydrogen-bond acceptors (Lipinski definition) is 4. The summed E-state index contributed by atoms with van der Waals surface area (Å²) in [5.74, 6) is -1.74. The van der Waals surface area contributed by atoms with Crippen LogP contribution in [0.5, 0.6) is 5.88 Å². The molecule has 0 saturated carbocycles. The second-order valence-corrected chi connectivity index (χ2v) is 5.35. The van der Waals surface area contributed by atoms with Crippen molar-refractivity contribution >= 4 is 11.6 Å². The summed E-state index contributed by atoms with van der Waals surface area (Å²) in [6.45, 7) is 0. The summed E-state index contributed by atoms with van der Waals surface area (Å²) < 4.78 is 32.4. The lowest BCUT2D eigenvalue weighted by atomic mass is 10.0. The second-order valence-electron chi connectivity index (χ2n) is 5.35. The fourth-order valence-corrected chi connectivity index (χ4v) is 2.35. The smallest absolute Gasteiger partial charge is 0.269 e. The van der Waals surface area contributed by atoms with Crippen molar-refractivity contribution in [1.29, 1.82) is 0 Å². The van der Waals surface area contributed by atoms with Crippen molar-refractivity contribution in [3.05, 3.63) is 78.0 Å². The number of methoxy groups -OCH3 is 1. The van der Waals surface area contributed by atoms with Gasteiger partial charge in [0.1, 0.15) is 5.82 Å². The van der Waals surface area contributed by atoms with E-state index in [1.807, 2.05) is 6.07 Å². The van der Waals surface area contributed by atoms with Crippen LogP contribution >= 0.6 is 0 Å². The molecule has 3 rings (SSSR count). The van der Waals surface area contributed by atoms with E-state index in [2.05, 4.69) is 15.8 Å². The van der Waals surface area contributed by atoms with Crippen LogP contribution in [-0.2, 0) is 0 Å². The largest absolute Gasteiger partial charge is 0.479 e. The molecule has 0 spiro atoms. The summed E-state index contributed by atoms with van der Waals surface area (Å²) in [5, 5.41) is 0. The number of benzene rings is 2. The van der Waals surface area contributed by atoms with Crippen molar-refractivity contribution in [2.75, 3.05) is 12.5 Å². The number of rotatable bonds is 5. The maximum atomic E-state index is 14.1. The normalized spacial score (nSPS) is 10.3. The van der Waals surface area contributed by atoms with Gasteiger partial charge in [0, 0.05) is 17.2 Å². The summed E-state index contributed by atoms with van der Waals surface area (Å²) in [6, 6.07) is 14.1. The summed E-state index contributed by atoms with van der Waals surface area (Å²) in [7, 11) is 1.30. The van der Waals surface area contributed by atoms with E-state index in [1.54, 1.807) is 24.3 Å². The average Bonchev–Trinajstić information content (AvgIpc) is 2.67. The molecule has 2 aromatic carbocycles. The Morgan fingerprint density at radius 1 is 1.04 bits per heavy atom. The fraction of sp³-hybridized carbons (Fsp3) is 0.0526. The lowest BCUT2D eigenvalue weighted by Crippen LogP contribution is -2.29. The standard InChI is InChI=1S/C19H15F2N3O2/c1-26-19-17(21)10-14(11-22-19)23-24-18(25)13-7-8-16(20)15(9-13)12-5-3-2-4-6-12/h2-11,23H,1H3,(H,24,25). The fourth-order valence-electron chi connectivity index (χ4n) is 2.35. The van der Waals surface area contributed by atoms with Gasteiger partial charge in [0.2, 0.25) is 5.88 Å². The Morgan fingerprint density at radius 2 is 1.81 bits per heavy atom. The van der Waals surface area contributed by atoms with E-state index in [1.165, 1.54) is 31.5 Å². The van der Waals surface area contributed by atoms with Gasteiger partial charge in [0.05, 0.1) is 19.0 Å². The Morgan fingerprint density at radius 3 is 2.50 bits per heavy atom. The number of carbonyl (C=O) groups excluding carboxylic acids is 1. The predicted molar refractivity (Wildman–Crippen MR) is 93.7 cm³/mol. The SMILES string of the molecule is COc1ncc(NNC(=O)c2ccc(F)c(-c3ccccc3)c2)cc1F. The number of pyridine rings is 1. The summed E-state index contributed by atoms with van der Waals surface area (Å²) in [4.78, 5) is 16.0. The third kappa shape index (κ3) is 3.77. The highest BCUT2D eigenvalue weighted by molar-refractivity contribution is 5.96. The predicted octanol–water partition coefficient (Wildman–Crippen LogP) is 3.79. The maximum absolute atomic E-state index is 14.1. The highest BCUT2D eigenvalue weighted by Gasteiger charge is 2.12. The molecule has 0 bridgehead atoms. The molecule has 1 heterocycles. The van der Waals surface area contributed by atoms with E-state index in [0.29, 0.717) is 11.1 Å². The van der Waals surface area contributed by atoms with Gasteiger partial charge in [-0.2, -0.15) is 0 Å². The Kier molecular flexibility index (Phi) is 5.07. The number of carbonyl (C=O) groups is 1. The number of nitrogens with one attached hydrogen (secondary N) is 2. The molecule has 2 N–H and O–H groups in total.